The van der Waals surface area contributed by atoms with Gasteiger partial charge in [-0.3, -0.25) is 9.59 Å². The summed E-state index contributed by atoms with van der Waals surface area (Å²) < 4.78 is 36.3. The molecular weight excluding hydrogens is 510 g/mol. The summed E-state index contributed by atoms with van der Waals surface area (Å²) in [5, 5.41) is 2.70. The number of hydrogen-bond acceptors (Lipinski definition) is 8. The standard InChI is InChI=1S/C19H16BrN3O6S2/c1-10(24)22-12-3-5-13(6-4-12)31(26,27)29-17-14(20)7-11(8-15(17)28-2)9-16-18(25)23-19(21)30-16/h3-9H,1-2H3,(H,22,24)(H2,21,23,25)/b16-9-. The number of amidine groups is 1. The number of ether oxygens (including phenoxy) is 1. The molecule has 9 nitrogen and oxygen atoms in total. The van der Waals surface area contributed by atoms with E-state index in [1.807, 2.05) is 0 Å². The molecule has 0 aliphatic carbocycles. The molecule has 0 aromatic heterocycles. The fraction of sp³-hybridized carbons (Fsp3) is 0.105. The number of halogens is 1. The molecule has 0 bridgehead atoms. The highest BCUT2D eigenvalue weighted by molar-refractivity contribution is 9.10. The highest BCUT2D eigenvalue weighted by Crippen LogP contribution is 2.39. The number of methoxy groups -OCH3 is 1. The van der Waals surface area contributed by atoms with Gasteiger partial charge in [0, 0.05) is 12.6 Å². The highest BCUT2D eigenvalue weighted by Gasteiger charge is 2.23. The average molecular weight is 526 g/mol. The van der Waals surface area contributed by atoms with E-state index in [2.05, 4.69) is 26.2 Å². The van der Waals surface area contributed by atoms with Crippen molar-refractivity contribution in [3.63, 3.8) is 0 Å². The number of nitrogens with two attached hydrogens (primary N) is 1. The van der Waals surface area contributed by atoms with E-state index in [4.69, 9.17) is 14.7 Å². The minimum Gasteiger partial charge on any atom is -0.493 e. The zero-order valence-corrected chi connectivity index (χ0v) is 19.4. The predicted molar refractivity (Wildman–Crippen MR) is 121 cm³/mol. The number of rotatable bonds is 6. The minimum absolute atomic E-state index is 0.0586. The van der Waals surface area contributed by atoms with Crippen LogP contribution in [0.15, 0.2) is 55.7 Å². The number of carbonyl (C=O) groups is 2. The first-order valence-corrected chi connectivity index (χ1v) is 11.6. The van der Waals surface area contributed by atoms with Crippen LogP contribution < -0.4 is 20.0 Å². The van der Waals surface area contributed by atoms with E-state index in [9.17, 15) is 18.0 Å². The average Bonchev–Trinajstić information content (AvgIpc) is 3.00. The van der Waals surface area contributed by atoms with Crippen molar-refractivity contribution in [1.82, 2.24) is 0 Å². The van der Waals surface area contributed by atoms with E-state index in [1.165, 1.54) is 44.4 Å². The summed E-state index contributed by atoms with van der Waals surface area (Å²) in [6.07, 6.45) is 1.56. The molecule has 31 heavy (non-hydrogen) atoms. The lowest BCUT2D eigenvalue weighted by Gasteiger charge is -2.14. The van der Waals surface area contributed by atoms with Crippen LogP contribution in [0.1, 0.15) is 12.5 Å². The maximum atomic E-state index is 12.7. The van der Waals surface area contributed by atoms with E-state index >= 15 is 0 Å². The third-order valence-electron chi connectivity index (χ3n) is 3.84. The highest BCUT2D eigenvalue weighted by atomic mass is 79.9. The Balaban J connectivity index is 1.89. The Kier molecular flexibility index (Phi) is 6.72. The number of benzene rings is 2. The molecule has 0 saturated carbocycles. The summed E-state index contributed by atoms with van der Waals surface area (Å²) >= 11 is 4.32. The maximum Gasteiger partial charge on any atom is 0.339 e. The van der Waals surface area contributed by atoms with Gasteiger partial charge in [0.1, 0.15) is 4.90 Å². The van der Waals surface area contributed by atoms with Gasteiger partial charge in [-0.2, -0.15) is 13.4 Å². The first kappa shape index (κ1) is 22.8. The van der Waals surface area contributed by atoms with E-state index in [1.54, 1.807) is 12.1 Å². The van der Waals surface area contributed by atoms with Gasteiger partial charge >= 0.3 is 10.1 Å². The fourth-order valence-electron chi connectivity index (χ4n) is 2.55. The Bertz CT molecular complexity index is 1220. The molecule has 12 heteroatoms. The number of carbonyl (C=O) groups excluding carboxylic acids is 2. The van der Waals surface area contributed by atoms with Gasteiger partial charge in [0.2, 0.25) is 5.91 Å². The molecule has 1 heterocycles. The summed E-state index contributed by atoms with van der Waals surface area (Å²) in [6.45, 7) is 1.35. The van der Waals surface area contributed by atoms with Crippen molar-refractivity contribution in [1.29, 1.82) is 0 Å². The number of nitrogens with zero attached hydrogens (tertiary/aromatic N) is 1. The third-order valence-corrected chi connectivity index (χ3v) is 6.48. The smallest absolute Gasteiger partial charge is 0.339 e. The summed E-state index contributed by atoms with van der Waals surface area (Å²) in [5.41, 5.74) is 6.55. The summed E-state index contributed by atoms with van der Waals surface area (Å²) in [7, 11) is -2.84. The molecule has 0 radical (unpaired) electrons. The van der Waals surface area contributed by atoms with Crippen molar-refractivity contribution in [3.8, 4) is 11.5 Å². The van der Waals surface area contributed by atoms with Crippen LogP contribution in [-0.4, -0.2) is 32.5 Å². The topological polar surface area (TPSA) is 137 Å². The second kappa shape index (κ2) is 9.12. The van der Waals surface area contributed by atoms with Gasteiger partial charge in [-0.15, -0.1) is 0 Å². The molecule has 2 aromatic carbocycles. The van der Waals surface area contributed by atoms with Crippen molar-refractivity contribution >= 4 is 66.6 Å². The Labute approximate surface area is 191 Å². The molecule has 162 valence electrons. The molecule has 0 saturated heterocycles. The Morgan fingerprint density at radius 2 is 1.94 bits per heavy atom. The number of hydrogen-bond donors (Lipinski definition) is 2. The monoisotopic (exact) mass is 525 g/mol. The van der Waals surface area contributed by atoms with Crippen LogP contribution in [0.4, 0.5) is 5.69 Å². The Morgan fingerprint density at radius 1 is 1.26 bits per heavy atom. The van der Waals surface area contributed by atoms with Crippen LogP contribution in [0.2, 0.25) is 0 Å². The summed E-state index contributed by atoms with van der Waals surface area (Å²) in [5.74, 6) is -0.661. The molecule has 0 unspecified atom stereocenters. The van der Waals surface area contributed by atoms with Gasteiger partial charge < -0.3 is 20.0 Å². The zero-order chi connectivity index (χ0) is 22.8. The largest absolute Gasteiger partial charge is 0.493 e. The molecule has 1 aliphatic heterocycles. The fourth-order valence-corrected chi connectivity index (χ4v) is 4.83. The SMILES string of the molecule is COc1cc(/C=C2\SC(N)=NC2=O)cc(Br)c1OS(=O)(=O)c1ccc(NC(C)=O)cc1. The molecule has 2 amide bonds. The first-order chi connectivity index (χ1) is 14.6. The molecule has 2 aromatic rings. The molecule has 0 atom stereocenters. The van der Waals surface area contributed by atoms with Crippen molar-refractivity contribution in [3.05, 3.63) is 51.3 Å². The van der Waals surface area contributed by atoms with Crippen molar-refractivity contribution in [2.45, 2.75) is 11.8 Å². The van der Waals surface area contributed by atoms with Gasteiger partial charge in [-0.25, -0.2) is 0 Å². The minimum atomic E-state index is -4.20. The Morgan fingerprint density at radius 3 is 2.48 bits per heavy atom. The van der Waals surface area contributed by atoms with Crippen LogP contribution >= 0.6 is 27.7 Å². The number of aliphatic imine (C=N–C) groups is 1. The first-order valence-electron chi connectivity index (χ1n) is 8.57. The van der Waals surface area contributed by atoms with E-state index in [-0.39, 0.29) is 27.5 Å². The lowest BCUT2D eigenvalue weighted by Crippen LogP contribution is -2.11. The number of amides is 2. The summed E-state index contributed by atoms with van der Waals surface area (Å²) in [4.78, 5) is 26.8. The summed E-state index contributed by atoms with van der Waals surface area (Å²) in [6, 6.07) is 8.61. The quantitative estimate of drug-likeness (QED) is 0.433. The maximum absolute atomic E-state index is 12.7. The normalized spacial score (nSPS) is 15.0. The second-order valence-corrected chi connectivity index (χ2v) is 9.61. The van der Waals surface area contributed by atoms with Gasteiger partial charge in [-0.05, 0) is 75.7 Å². The molecule has 0 fully saturated rings. The van der Waals surface area contributed by atoms with Gasteiger partial charge in [-0.1, -0.05) is 0 Å². The van der Waals surface area contributed by atoms with E-state index in [0.29, 0.717) is 20.6 Å². The van der Waals surface area contributed by atoms with Crippen LogP contribution in [0.3, 0.4) is 0 Å². The molecule has 3 rings (SSSR count). The van der Waals surface area contributed by atoms with Gasteiger partial charge in [0.05, 0.1) is 16.5 Å². The van der Waals surface area contributed by atoms with E-state index < -0.39 is 16.0 Å². The molecule has 3 N–H and O–H groups in total. The van der Waals surface area contributed by atoms with Crippen LogP contribution in [-0.2, 0) is 19.7 Å². The second-order valence-electron chi connectivity index (χ2n) is 6.14. The molecule has 0 spiro atoms. The lowest BCUT2D eigenvalue weighted by molar-refractivity contribution is -0.114. The predicted octanol–water partition coefficient (Wildman–Crippen LogP) is 3.11. The van der Waals surface area contributed by atoms with Crippen LogP contribution in [0, 0.1) is 0 Å². The zero-order valence-electron chi connectivity index (χ0n) is 16.2. The van der Waals surface area contributed by atoms with Crippen molar-refractivity contribution in [2.75, 3.05) is 12.4 Å². The Hall–Kier alpha value is -2.83. The van der Waals surface area contributed by atoms with Crippen molar-refractivity contribution < 1.29 is 26.9 Å². The van der Waals surface area contributed by atoms with Crippen molar-refractivity contribution in [2.24, 2.45) is 10.7 Å². The number of thioether (sulfide) groups is 1. The van der Waals surface area contributed by atoms with E-state index in [0.717, 1.165) is 11.8 Å². The number of anilines is 1. The molecular formula is C19H16BrN3O6S2. The van der Waals surface area contributed by atoms with Crippen LogP contribution in [0.5, 0.6) is 11.5 Å². The molecule has 1 aliphatic rings. The van der Waals surface area contributed by atoms with Crippen LogP contribution in [0.25, 0.3) is 6.08 Å². The number of nitrogens with one attached hydrogen (secondary N) is 1. The van der Waals surface area contributed by atoms with Gasteiger partial charge in [0.25, 0.3) is 5.91 Å². The van der Waals surface area contributed by atoms with Gasteiger partial charge in [0.15, 0.2) is 16.7 Å². The third kappa shape index (κ3) is 5.46. The lowest BCUT2D eigenvalue weighted by atomic mass is 10.2.